The van der Waals surface area contributed by atoms with Crippen LogP contribution in [0.5, 0.6) is 0 Å². The molecule has 2 N–H and O–H groups in total. The summed E-state index contributed by atoms with van der Waals surface area (Å²) in [5.41, 5.74) is 4.71. The van der Waals surface area contributed by atoms with Crippen LogP contribution in [-0.2, 0) is 11.2 Å². The van der Waals surface area contributed by atoms with Crippen LogP contribution in [0.25, 0.3) is 17.2 Å². The number of pyridine rings is 1. The minimum absolute atomic E-state index is 0.0268. The molecular formula is C27H33FN2O3. The monoisotopic (exact) mass is 452 g/mol. The molecule has 1 amide bonds. The summed E-state index contributed by atoms with van der Waals surface area (Å²) in [7, 11) is 0. The Morgan fingerprint density at radius 3 is 2.61 bits per heavy atom. The number of nitrogens with zero attached hydrogens (tertiary/aromatic N) is 2. The lowest BCUT2D eigenvalue weighted by molar-refractivity contribution is -0.116. The van der Waals surface area contributed by atoms with E-state index < -0.39 is 6.10 Å². The van der Waals surface area contributed by atoms with Crippen molar-refractivity contribution in [1.29, 1.82) is 0 Å². The Kier molecular flexibility index (Phi) is 8.03. The number of fused-ring (bicyclic) bond motifs is 1. The van der Waals surface area contributed by atoms with E-state index in [1.54, 1.807) is 24.0 Å². The number of carbonyl (C=O) groups is 1. The molecule has 0 bridgehead atoms. The molecule has 3 rings (SSSR count). The van der Waals surface area contributed by atoms with E-state index in [9.17, 15) is 19.4 Å². The maximum atomic E-state index is 13.7. The van der Waals surface area contributed by atoms with Crippen LogP contribution in [0.4, 0.5) is 10.2 Å². The molecule has 0 saturated carbocycles. The maximum absolute atomic E-state index is 13.7. The second-order valence-electron chi connectivity index (χ2n) is 8.93. The van der Waals surface area contributed by atoms with Crippen molar-refractivity contribution in [2.45, 2.75) is 64.9 Å². The number of allylic oxidation sites excluding steroid dienone is 1. The fraction of sp³-hybridized carbons (Fsp3) is 0.407. The minimum atomic E-state index is -0.654. The number of anilines is 1. The van der Waals surface area contributed by atoms with Gasteiger partial charge < -0.3 is 10.2 Å². The van der Waals surface area contributed by atoms with E-state index in [0.717, 1.165) is 40.8 Å². The number of aliphatic hydroxyl groups is 2. The average Bonchev–Trinajstić information content (AvgIpc) is 2.75. The molecule has 33 heavy (non-hydrogen) atoms. The highest BCUT2D eigenvalue weighted by atomic mass is 19.1. The SMILES string of the molecule is C=C(O)C[C@H](O)CC/C=C/c1c(C(C)C)nc2c(c1-c1ccc(F)cc1)CCCN2C(C)=O. The van der Waals surface area contributed by atoms with Crippen molar-refractivity contribution in [3.8, 4) is 11.1 Å². The standard InChI is InChI=1S/C27H33FN2O3/c1-17(2)26-23(9-6-5-8-22(33)16-18(3)31)25(20-11-13-21(28)14-12-20)24-10-7-15-30(19(4)32)27(24)29-26/h6,9,11-14,17,22,31,33H,3,5,7-8,10,15-16H2,1-2,4H3/b9-6+/t22-/m1/s1. The van der Waals surface area contributed by atoms with Gasteiger partial charge in [0.1, 0.15) is 11.6 Å². The third kappa shape index (κ3) is 5.88. The van der Waals surface area contributed by atoms with Gasteiger partial charge in [-0.3, -0.25) is 9.69 Å². The molecule has 0 spiro atoms. The fourth-order valence-corrected chi connectivity index (χ4v) is 4.35. The molecule has 1 aliphatic rings. The van der Waals surface area contributed by atoms with E-state index in [0.29, 0.717) is 25.2 Å². The number of aliphatic hydroxyl groups excluding tert-OH is 2. The molecule has 2 heterocycles. The summed E-state index contributed by atoms with van der Waals surface area (Å²) in [6.07, 6.45) is 6.26. The smallest absolute Gasteiger partial charge is 0.225 e. The van der Waals surface area contributed by atoms with Gasteiger partial charge in [-0.05, 0) is 54.9 Å². The van der Waals surface area contributed by atoms with Gasteiger partial charge in [0.25, 0.3) is 0 Å². The summed E-state index contributed by atoms with van der Waals surface area (Å²) in [5, 5.41) is 19.3. The molecule has 6 heteroatoms. The normalized spacial score (nSPS) is 14.5. The van der Waals surface area contributed by atoms with Crippen LogP contribution >= 0.6 is 0 Å². The lowest BCUT2D eigenvalue weighted by Crippen LogP contribution is -2.35. The molecule has 1 aliphatic heterocycles. The number of benzene rings is 1. The first kappa shape index (κ1) is 24.6. The molecule has 0 saturated heterocycles. The van der Waals surface area contributed by atoms with E-state index in [1.807, 2.05) is 12.2 Å². The van der Waals surface area contributed by atoms with Gasteiger partial charge >= 0.3 is 0 Å². The Balaban J connectivity index is 2.12. The fourth-order valence-electron chi connectivity index (χ4n) is 4.35. The van der Waals surface area contributed by atoms with Crippen molar-refractivity contribution < 1.29 is 19.4 Å². The number of carbonyl (C=O) groups excluding carboxylic acids is 1. The van der Waals surface area contributed by atoms with Crippen LogP contribution < -0.4 is 4.90 Å². The van der Waals surface area contributed by atoms with E-state index >= 15 is 0 Å². The second kappa shape index (κ2) is 10.8. The van der Waals surface area contributed by atoms with Gasteiger partial charge in [-0.2, -0.15) is 0 Å². The largest absolute Gasteiger partial charge is 0.513 e. The molecule has 0 aliphatic carbocycles. The van der Waals surface area contributed by atoms with Crippen molar-refractivity contribution in [2.75, 3.05) is 11.4 Å². The number of hydrogen-bond acceptors (Lipinski definition) is 4. The number of amides is 1. The molecule has 1 aromatic carbocycles. The molecule has 5 nitrogen and oxygen atoms in total. The molecule has 0 fully saturated rings. The second-order valence-corrected chi connectivity index (χ2v) is 8.93. The van der Waals surface area contributed by atoms with Gasteiger partial charge in [-0.25, -0.2) is 9.37 Å². The lowest BCUT2D eigenvalue weighted by Gasteiger charge is -2.31. The summed E-state index contributed by atoms with van der Waals surface area (Å²) in [6, 6.07) is 6.45. The van der Waals surface area contributed by atoms with Gasteiger partial charge in [-0.15, -0.1) is 0 Å². The van der Waals surface area contributed by atoms with Gasteiger partial charge in [0, 0.05) is 31.0 Å². The van der Waals surface area contributed by atoms with Crippen LogP contribution in [-0.4, -0.2) is 33.8 Å². The van der Waals surface area contributed by atoms with E-state index in [2.05, 4.69) is 20.4 Å². The van der Waals surface area contributed by atoms with Gasteiger partial charge in [0.15, 0.2) is 0 Å². The van der Waals surface area contributed by atoms with Gasteiger partial charge in [-0.1, -0.05) is 44.7 Å². The zero-order valence-corrected chi connectivity index (χ0v) is 19.6. The van der Waals surface area contributed by atoms with Crippen LogP contribution in [0.2, 0.25) is 0 Å². The van der Waals surface area contributed by atoms with Gasteiger partial charge in [0.2, 0.25) is 5.91 Å². The van der Waals surface area contributed by atoms with E-state index in [-0.39, 0.29) is 29.8 Å². The predicted molar refractivity (Wildman–Crippen MR) is 131 cm³/mol. The topological polar surface area (TPSA) is 73.7 Å². The highest BCUT2D eigenvalue weighted by Crippen LogP contribution is 2.40. The highest BCUT2D eigenvalue weighted by Gasteiger charge is 2.28. The Morgan fingerprint density at radius 2 is 2.00 bits per heavy atom. The number of hydrogen-bond donors (Lipinski definition) is 2. The van der Waals surface area contributed by atoms with Crippen molar-refractivity contribution in [2.24, 2.45) is 0 Å². The maximum Gasteiger partial charge on any atom is 0.225 e. The predicted octanol–water partition coefficient (Wildman–Crippen LogP) is 5.93. The van der Waals surface area contributed by atoms with Crippen molar-refractivity contribution in [1.82, 2.24) is 4.98 Å². The molecule has 0 unspecified atom stereocenters. The Labute approximate surface area is 195 Å². The molecule has 0 radical (unpaired) electrons. The number of aromatic nitrogens is 1. The van der Waals surface area contributed by atoms with Crippen LogP contribution in [0.1, 0.15) is 69.2 Å². The van der Waals surface area contributed by atoms with E-state index in [4.69, 9.17) is 4.98 Å². The number of rotatable bonds is 8. The summed E-state index contributed by atoms with van der Waals surface area (Å²) in [5.74, 6) is 0.443. The Morgan fingerprint density at radius 1 is 1.30 bits per heavy atom. The van der Waals surface area contributed by atoms with Crippen LogP contribution in [0.15, 0.2) is 42.7 Å². The first-order valence-corrected chi connectivity index (χ1v) is 11.5. The van der Waals surface area contributed by atoms with Crippen molar-refractivity contribution in [3.63, 3.8) is 0 Å². The lowest BCUT2D eigenvalue weighted by atomic mass is 9.87. The molecular weight excluding hydrogens is 419 g/mol. The zero-order valence-electron chi connectivity index (χ0n) is 19.6. The summed E-state index contributed by atoms with van der Waals surface area (Å²) >= 11 is 0. The van der Waals surface area contributed by atoms with Crippen molar-refractivity contribution >= 4 is 17.8 Å². The zero-order chi connectivity index (χ0) is 24.1. The molecule has 176 valence electrons. The van der Waals surface area contributed by atoms with Gasteiger partial charge in [0.05, 0.1) is 17.6 Å². The third-order valence-corrected chi connectivity index (χ3v) is 5.89. The quantitative estimate of drug-likeness (QED) is 0.487. The molecule has 1 aromatic heterocycles. The Hall–Kier alpha value is -2.99. The summed E-state index contributed by atoms with van der Waals surface area (Å²) < 4.78 is 13.7. The molecule has 1 atom stereocenters. The van der Waals surface area contributed by atoms with Crippen molar-refractivity contribution in [3.05, 3.63) is 65.3 Å². The Bertz CT molecular complexity index is 1040. The number of halogens is 1. The first-order chi connectivity index (χ1) is 15.7. The van der Waals surface area contributed by atoms with E-state index in [1.165, 1.54) is 12.1 Å². The minimum Gasteiger partial charge on any atom is -0.513 e. The van der Waals surface area contributed by atoms with Crippen LogP contribution in [0.3, 0.4) is 0 Å². The average molecular weight is 453 g/mol. The molecule has 2 aromatic rings. The third-order valence-electron chi connectivity index (χ3n) is 5.89. The van der Waals surface area contributed by atoms with Crippen LogP contribution in [0, 0.1) is 5.82 Å². The summed E-state index contributed by atoms with van der Waals surface area (Å²) in [6.45, 7) is 9.76. The summed E-state index contributed by atoms with van der Waals surface area (Å²) in [4.78, 5) is 19.0. The highest BCUT2D eigenvalue weighted by molar-refractivity contribution is 5.94. The first-order valence-electron chi connectivity index (χ1n) is 11.5.